The molecule has 0 saturated heterocycles. The predicted molar refractivity (Wildman–Crippen MR) is 131 cm³/mol. The molecule has 3 aromatic carbocycles. The van der Waals surface area contributed by atoms with Gasteiger partial charge < -0.3 is 14.2 Å². The summed E-state index contributed by atoms with van der Waals surface area (Å²) in [6.07, 6.45) is 2.41. The van der Waals surface area contributed by atoms with Crippen LogP contribution in [0.1, 0.15) is 52.1 Å². The third kappa shape index (κ3) is 6.68. The standard InChI is InChI=1S/C27H28N2O5/c1-4-16-33-22-13-11-21(12-14-22)27(31)34-24-15-10-20(17-25(24)32-5-2)18-28-29-26(30)23-9-7-6-8-19(23)3/h6-15,17-18H,4-5,16H2,1-3H3,(H,29,30)/b28-18-. The lowest BCUT2D eigenvalue weighted by Gasteiger charge is -2.12. The summed E-state index contributed by atoms with van der Waals surface area (Å²) < 4.78 is 16.7. The van der Waals surface area contributed by atoms with E-state index in [1.165, 1.54) is 6.21 Å². The number of carbonyl (C=O) groups excluding carboxylic acids is 2. The molecule has 7 nitrogen and oxygen atoms in total. The Hall–Kier alpha value is -4.13. The fourth-order valence-electron chi connectivity index (χ4n) is 3.08. The highest BCUT2D eigenvalue weighted by molar-refractivity contribution is 5.96. The molecule has 3 rings (SSSR count). The Bertz CT molecular complexity index is 1160. The van der Waals surface area contributed by atoms with Crippen LogP contribution in [0.2, 0.25) is 0 Å². The number of rotatable bonds is 10. The molecule has 0 fully saturated rings. The number of benzene rings is 3. The van der Waals surface area contributed by atoms with Crippen LogP contribution in [-0.2, 0) is 0 Å². The van der Waals surface area contributed by atoms with Crippen LogP contribution in [0.3, 0.4) is 0 Å². The number of hydrazone groups is 1. The van der Waals surface area contributed by atoms with E-state index in [2.05, 4.69) is 10.5 Å². The highest BCUT2D eigenvalue weighted by atomic mass is 16.6. The Labute approximate surface area is 199 Å². The van der Waals surface area contributed by atoms with Gasteiger partial charge in [-0.3, -0.25) is 4.79 Å². The van der Waals surface area contributed by atoms with E-state index in [1.807, 2.05) is 32.9 Å². The number of esters is 1. The molecule has 0 aliphatic rings. The molecular weight excluding hydrogens is 432 g/mol. The van der Waals surface area contributed by atoms with Crippen molar-refractivity contribution in [1.29, 1.82) is 0 Å². The fraction of sp³-hybridized carbons (Fsp3) is 0.222. The monoisotopic (exact) mass is 460 g/mol. The number of carbonyl (C=O) groups is 2. The predicted octanol–water partition coefficient (Wildman–Crippen LogP) is 5.17. The Morgan fingerprint density at radius 3 is 2.41 bits per heavy atom. The van der Waals surface area contributed by atoms with E-state index in [0.717, 1.165) is 12.0 Å². The molecule has 0 aliphatic heterocycles. The van der Waals surface area contributed by atoms with Gasteiger partial charge in [0, 0.05) is 5.56 Å². The van der Waals surface area contributed by atoms with Crippen LogP contribution >= 0.6 is 0 Å². The van der Waals surface area contributed by atoms with Gasteiger partial charge in [-0.05, 0) is 79.9 Å². The molecule has 0 atom stereocenters. The summed E-state index contributed by atoms with van der Waals surface area (Å²) in [6, 6.07) is 19.1. The number of amides is 1. The number of nitrogens with zero attached hydrogens (tertiary/aromatic N) is 1. The Kier molecular flexibility index (Phi) is 8.80. The zero-order valence-electron chi connectivity index (χ0n) is 19.5. The summed E-state index contributed by atoms with van der Waals surface area (Å²) >= 11 is 0. The first-order valence-corrected chi connectivity index (χ1v) is 11.1. The minimum Gasteiger partial charge on any atom is -0.494 e. The third-order valence-corrected chi connectivity index (χ3v) is 4.80. The SMILES string of the molecule is CCCOc1ccc(C(=O)Oc2ccc(/C=N\NC(=O)c3ccccc3C)cc2OCC)cc1. The summed E-state index contributed by atoms with van der Waals surface area (Å²) in [5.74, 6) is 0.588. The van der Waals surface area contributed by atoms with E-state index < -0.39 is 5.97 Å². The minimum atomic E-state index is -0.505. The average Bonchev–Trinajstić information content (AvgIpc) is 2.85. The highest BCUT2D eigenvalue weighted by Crippen LogP contribution is 2.29. The number of aryl methyl sites for hydroxylation is 1. The van der Waals surface area contributed by atoms with Gasteiger partial charge in [0.2, 0.25) is 0 Å². The first-order valence-electron chi connectivity index (χ1n) is 11.1. The summed E-state index contributed by atoms with van der Waals surface area (Å²) in [5, 5.41) is 4.03. The fourth-order valence-corrected chi connectivity index (χ4v) is 3.08. The van der Waals surface area contributed by atoms with E-state index >= 15 is 0 Å². The zero-order valence-corrected chi connectivity index (χ0v) is 19.5. The molecule has 1 amide bonds. The van der Waals surface area contributed by atoms with Crippen LogP contribution in [0.5, 0.6) is 17.2 Å². The second-order valence-electron chi connectivity index (χ2n) is 7.42. The van der Waals surface area contributed by atoms with Gasteiger partial charge in [0.15, 0.2) is 11.5 Å². The second-order valence-corrected chi connectivity index (χ2v) is 7.42. The quantitative estimate of drug-likeness (QED) is 0.195. The maximum atomic E-state index is 12.6. The van der Waals surface area contributed by atoms with Crippen molar-refractivity contribution in [3.05, 3.63) is 89.0 Å². The summed E-state index contributed by atoms with van der Waals surface area (Å²) in [5.41, 5.74) is 5.01. The first kappa shape index (κ1) is 24.5. The second kappa shape index (κ2) is 12.2. The normalized spacial score (nSPS) is 10.7. The molecular formula is C27H28N2O5. The lowest BCUT2D eigenvalue weighted by molar-refractivity contribution is 0.0728. The van der Waals surface area contributed by atoms with E-state index in [4.69, 9.17) is 14.2 Å². The van der Waals surface area contributed by atoms with Crippen LogP contribution in [0, 0.1) is 6.92 Å². The highest BCUT2D eigenvalue weighted by Gasteiger charge is 2.14. The molecule has 7 heteroatoms. The summed E-state index contributed by atoms with van der Waals surface area (Å²) in [4.78, 5) is 24.9. The van der Waals surface area contributed by atoms with Crippen LogP contribution < -0.4 is 19.6 Å². The zero-order chi connectivity index (χ0) is 24.3. The summed E-state index contributed by atoms with van der Waals surface area (Å²) in [6.45, 7) is 6.73. The number of nitrogens with one attached hydrogen (secondary N) is 1. The Balaban J connectivity index is 1.67. The number of ether oxygens (including phenoxy) is 3. The van der Waals surface area contributed by atoms with Crippen LogP contribution in [-0.4, -0.2) is 31.3 Å². The lowest BCUT2D eigenvalue weighted by Crippen LogP contribution is -2.18. The van der Waals surface area contributed by atoms with E-state index in [9.17, 15) is 9.59 Å². The largest absolute Gasteiger partial charge is 0.494 e. The van der Waals surface area contributed by atoms with Crippen molar-refractivity contribution in [2.45, 2.75) is 27.2 Å². The maximum absolute atomic E-state index is 12.6. The molecule has 176 valence electrons. The molecule has 0 heterocycles. The molecule has 0 aliphatic carbocycles. The molecule has 0 aromatic heterocycles. The topological polar surface area (TPSA) is 86.2 Å². The van der Waals surface area contributed by atoms with Crippen molar-refractivity contribution in [3.63, 3.8) is 0 Å². The van der Waals surface area contributed by atoms with E-state index in [1.54, 1.807) is 54.6 Å². The van der Waals surface area contributed by atoms with Crippen LogP contribution in [0.25, 0.3) is 0 Å². The molecule has 0 unspecified atom stereocenters. The summed E-state index contributed by atoms with van der Waals surface area (Å²) in [7, 11) is 0. The smallest absolute Gasteiger partial charge is 0.343 e. The molecule has 1 N–H and O–H groups in total. The van der Waals surface area contributed by atoms with Crippen molar-refractivity contribution in [2.24, 2.45) is 5.10 Å². The first-order chi connectivity index (χ1) is 16.5. The molecule has 34 heavy (non-hydrogen) atoms. The van der Waals surface area contributed by atoms with Gasteiger partial charge in [-0.1, -0.05) is 25.1 Å². The molecule has 0 bridgehead atoms. The van der Waals surface area contributed by atoms with Crippen molar-refractivity contribution in [1.82, 2.24) is 5.43 Å². The van der Waals surface area contributed by atoms with Crippen molar-refractivity contribution in [3.8, 4) is 17.2 Å². The molecule has 3 aromatic rings. The average molecular weight is 461 g/mol. The van der Waals surface area contributed by atoms with Crippen molar-refractivity contribution in [2.75, 3.05) is 13.2 Å². The lowest BCUT2D eigenvalue weighted by atomic mass is 10.1. The maximum Gasteiger partial charge on any atom is 0.343 e. The van der Waals surface area contributed by atoms with Crippen LogP contribution in [0.15, 0.2) is 71.8 Å². The van der Waals surface area contributed by atoms with Crippen molar-refractivity contribution >= 4 is 18.1 Å². The third-order valence-electron chi connectivity index (χ3n) is 4.80. The van der Waals surface area contributed by atoms with Gasteiger partial charge >= 0.3 is 5.97 Å². The van der Waals surface area contributed by atoms with Gasteiger partial charge in [0.25, 0.3) is 5.91 Å². The minimum absolute atomic E-state index is 0.291. The molecule has 0 radical (unpaired) electrons. The van der Waals surface area contributed by atoms with Gasteiger partial charge in [-0.15, -0.1) is 0 Å². The van der Waals surface area contributed by atoms with Crippen LogP contribution in [0.4, 0.5) is 0 Å². The van der Waals surface area contributed by atoms with E-state index in [0.29, 0.717) is 47.2 Å². The number of hydrogen-bond donors (Lipinski definition) is 1. The van der Waals surface area contributed by atoms with Gasteiger partial charge in [0.05, 0.1) is 25.0 Å². The van der Waals surface area contributed by atoms with Gasteiger partial charge in [-0.2, -0.15) is 5.10 Å². The van der Waals surface area contributed by atoms with E-state index in [-0.39, 0.29) is 5.91 Å². The Morgan fingerprint density at radius 1 is 0.941 bits per heavy atom. The number of hydrogen-bond acceptors (Lipinski definition) is 6. The van der Waals surface area contributed by atoms with Gasteiger partial charge in [-0.25, -0.2) is 10.2 Å². The van der Waals surface area contributed by atoms with Crippen molar-refractivity contribution < 1.29 is 23.8 Å². The Morgan fingerprint density at radius 2 is 1.71 bits per heavy atom. The van der Waals surface area contributed by atoms with Gasteiger partial charge in [0.1, 0.15) is 5.75 Å². The molecule has 0 saturated carbocycles. The molecule has 0 spiro atoms.